The Morgan fingerprint density at radius 2 is 2.00 bits per heavy atom. The molecular formula is C18H22N4O. The number of hydrogen-bond acceptors (Lipinski definition) is 4. The second-order valence-electron chi connectivity index (χ2n) is 5.76. The van der Waals surface area contributed by atoms with Crippen molar-refractivity contribution in [2.45, 2.75) is 32.6 Å². The van der Waals surface area contributed by atoms with Gasteiger partial charge in [-0.15, -0.1) is 0 Å². The van der Waals surface area contributed by atoms with E-state index in [0.29, 0.717) is 11.5 Å². The number of fused-ring (bicyclic) bond motifs is 1. The van der Waals surface area contributed by atoms with Gasteiger partial charge in [0.15, 0.2) is 0 Å². The number of nitrogens with zero attached hydrogens (tertiary/aromatic N) is 3. The lowest BCUT2D eigenvalue weighted by Gasteiger charge is -2.17. The Morgan fingerprint density at radius 1 is 1.22 bits per heavy atom. The number of aromatic nitrogens is 2. The van der Waals surface area contributed by atoms with Crippen LogP contribution in [-0.4, -0.2) is 29.0 Å². The molecule has 0 bridgehead atoms. The summed E-state index contributed by atoms with van der Waals surface area (Å²) in [5.41, 5.74) is 2.75. The van der Waals surface area contributed by atoms with Gasteiger partial charge in [0.1, 0.15) is 0 Å². The van der Waals surface area contributed by atoms with E-state index in [1.54, 1.807) is 12.4 Å². The fourth-order valence-electron chi connectivity index (χ4n) is 2.81. The zero-order valence-electron chi connectivity index (χ0n) is 13.5. The molecule has 1 aromatic carbocycles. The first kappa shape index (κ1) is 15.5. The van der Waals surface area contributed by atoms with Gasteiger partial charge in [0.05, 0.1) is 5.56 Å². The molecule has 2 heterocycles. The third-order valence-electron chi connectivity index (χ3n) is 4.09. The molecule has 0 atom stereocenters. The lowest BCUT2D eigenvalue weighted by molar-refractivity contribution is 0.0988. The van der Waals surface area contributed by atoms with E-state index in [9.17, 15) is 4.79 Å². The summed E-state index contributed by atoms with van der Waals surface area (Å²) in [7, 11) is 0. The predicted octanol–water partition coefficient (Wildman–Crippen LogP) is 3.28. The lowest BCUT2D eigenvalue weighted by Crippen LogP contribution is -2.29. The van der Waals surface area contributed by atoms with Crippen molar-refractivity contribution in [1.29, 1.82) is 0 Å². The Kier molecular flexibility index (Phi) is 4.86. The van der Waals surface area contributed by atoms with E-state index in [2.05, 4.69) is 28.3 Å². The van der Waals surface area contributed by atoms with Crippen molar-refractivity contribution >= 4 is 17.5 Å². The molecule has 0 fully saturated rings. The SMILES string of the molecule is CCCCCNc1ncc(C(=O)N2CCc3ccccc32)cn1. The number of unbranched alkanes of at least 4 members (excludes halogenated alkanes) is 2. The molecule has 3 rings (SSSR count). The van der Waals surface area contributed by atoms with Crippen LogP contribution in [0.25, 0.3) is 0 Å². The molecule has 0 aliphatic carbocycles. The molecule has 0 unspecified atom stereocenters. The maximum Gasteiger partial charge on any atom is 0.261 e. The van der Waals surface area contributed by atoms with Gasteiger partial charge in [-0.3, -0.25) is 4.79 Å². The van der Waals surface area contributed by atoms with Gasteiger partial charge in [-0.05, 0) is 24.5 Å². The summed E-state index contributed by atoms with van der Waals surface area (Å²) in [6, 6.07) is 8.03. The van der Waals surface area contributed by atoms with Gasteiger partial charge >= 0.3 is 0 Å². The fourth-order valence-corrected chi connectivity index (χ4v) is 2.81. The van der Waals surface area contributed by atoms with Crippen molar-refractivity contribution < 1.29 is 4.79 Å². The molecule has 23 heavy (non-hydrogen) atoms. The minimum absolute atomic E-state index is 0.0347. The van der Waals surface area contributed by atoms with E-state index >= 15 is 0 Å². The van der Waals surface area contributed by atoms with Gasteiger partial charge in [-0.1, -0.05) is 38.0 Å². The first-order valence-electron chi connectivity index (χ1n) is 8.25. The number of amides is 1. The Balaban J connectivity index is 1.65. The maximum absolute atomic E-state index is 12.6. The Bertz CT molecular complexity index is 669. The van der Waals surface area contributed by atoms with Gasteiger partial charge in [0.25, 0.3) is 5.91 Å². The Labute approximate surface area is 136 Å². The molecule has 0 saturated carbocycles. The molecule has 0 radical (unpaired) electrons. The highest BCUT2D eigenvalue weighted by Gasteiger charge is 2.25. The number of nitrogens with one attached hydrogen (secondary N) is 1. The fraction of sp³-hybridized carbons (Fsp3) is 0.389. The van der Waals surface area contributed by atoms with Crippen LogP contribution in [0.4, 0.5) is 11.6 Å². The number of carbonyl (C=O) groups excluding carboxylic acids is 1. The average Bonchev–Trinajstić information content (AvgIpc) is 3.03. The van der Waals surface area contributed by atoms with Crippen LogP contribution in [0.2, 0.25) is 0 Å². The average molecular weight is 310 g/mol. The van der Waals surface area contributed by atoms with Crippen LogP contribution < -0.4 is 10.2 Å². The topological polar surface area (TPSA) is 58.1 Å². The summed E-state index contributed by atoms with van der Waals surface area (Å²) in [5.74, 6) is 0.548. The molecule has 1 aliphatic rings. The van der Waals surface area contributed by atoms with Crippen LogP contribution >= 0.6 is 0 Å². The molecule has 1 aliphatic heterocycles. The van der Waals surface area contributed by atoms with Crippen molar-refractivity contribution in [3.63, 3.8) is 0 Å². The van der Waals surface area contributed by atoms with Crippen LogP contribution in [0.5, 0.6) is 0 Å². The molecule has 0 spiro atoms. The highest BCUT2D eigenvalue weighted by atomic mass is 16.2. The van der Waals surface area contributed by atoms with Gasteiger partial charge in [0, 0.05) is 31.2 Å². The van der Waals surface area contributed by atoms with E-state index in [1.807, 2.05) is 23.1 Å². The highest BCUT2D eigenvalue weighted by Crippen LogP contribution is 2.28. The smallest absolute Gasteiger partial charge is 0.261 e. The summed E-state index contributed by atoms with van der Waals surface area (Å²) in [4.78, 5) is 23.0. The van der Waals surface area contributed by atoms with Gasteiger partial charge < -0.3 is 10.2 Å². The number of anilines is 2. The van der Waals surface area contributed by atoms with E-state index in [0.717, 1.165) is 31.6 Å². The largest absolute Gasteiger partial charge is 0.354 e. The summed E-state index contributed by atoms with van der Waals surface area (Å²) in [6.45, 7) is 3.75. The standard InChI is InChI=1S/C18H22N4O/c1-2-3-6-10-19-18-20-12-15(13-21-18)17(23)22-11-9-14-7-4-5-8-16(14)22/h4-5,7-8,12-13H,2-3,6,9-11H2,1H3,(H,19,20,21). The van der Waals surface area contributed by atoms with Crippen molar-refractivity contribution in [1.82, 2.24) is 9.97 Å². The quantitative estimate of drug-likeness (QED) is 0.832. The maximum atomic E-state index is 12.6. The molecule has 2 aromatic rings. The first-order chi connectivity index (χ1) is 11.3. The third kappa shape index (κ3) is 3.50. The predicted molar refractivity (Wildman–Crippen MR) is 91.9 cm³/mol. The highest BCUT2D eigenvalue weighted by molar-refractivity contribution is 6.06. The Hall–Kier alpha value is -2.43. The minimum atomic E-state index is -0.0347. The number of carbonyl (C=O) groups is 1. The summed E-state index contributed by atoms with van der Waals surface area (Å²) < 4.78 is 0. The molecule has 5 heteroatoms. The molecule has 5 nitrogen and oxygen atoms in total. The van der Waals surface area contributed by atoms with Gasteiger partial charge in [-0.25, -0.2) is 9.97 Å². The van der Waals surface area contributed by atoms with Crippen LogP contribution in [0, 0.1) is 0 Å². The molecule has 1 amide bonds. The van der Waals surface area contributed by atoms with Gasteiger partial charge in [-0.2, -0.15) is 0 Å². The summed E-state index contributed by atoms with van der Waals surface area (Å²) in [5, 5.41) is 3.18. The lowest BCUT2D eigenvalue weighted by atomic mass is 10.2. The van der Waals surface area contributed by atoms with E-state index in [4.69, 9.17) is 0 Å². The zero-order valence-corrected chi connectivity index (χ0v) is 13.5. The number of hydrogen-bond donors (Lipinski definition) is 1. The van der Waals surface area contributed by atoms with Gasteiger partial charge in [0.2, 0.25) is 5.95 Å². The number of benzene rings is 1. The third-order valence-corrected chi connectivity index (χ3v) is 4.09. The summed E-state index contributed by atoms with van der Waals surface area (Å²) in [6.07, 6.45) is 7.60. The molecule has 1 aromatic heterocycles. The van der Waals surface area contributed by atoms with Crippen LogP contribution in [0.3, 0.4) is 0 Å². The second kappa shape index (κ2) is 7.22. The van der Waals surface area contributed by atoms with Crippen LogP contribution in [0.15, 0.2) is 36.7 Å². The van der Waals surface area contributed by atoms with Crippen molar-refractivity contribution in [3.8, 4) is 0 Å². The summed E-state index contributed by atoms with van der Waals surface area (Å²) >= 11 is 0. The Morgan fingerprint density at radius 3 is 2.78 bits per heavy atom. The van der Waals surface area contributed by atoms with E-state index < -0.39 is 0 Å². The number of para-hydroxylation sites is 1. The number of rotatable bonds is 6. The normalized spacial score (nSPS) is 13.0. The monoisotopic (exact) mass is 310 g/mol. The van der Waals surface area contributed by atoms with Crippen LogP contribution in [0.1, 0.15) is 42.1 Å². The second-order valence-corrected chi connectivity index (χ2v) is 5.76. The first-order valence-corrected chi connectivity index (χ1v) is 8.25. The molecular weight excluding hydrogens is 288 g/mol. The molecule has 120 valence electrons. The van der Waals surface area contributed by atoms with Crippen LogP contribution in [-0.2, 0) is 6.42 Å². The van der Waals surface area contributed by atoms with E-state index in [-0.39, 0.29) is 5.91 Å². The van der Waals surface area contributed by atoms with Crippen molar-refractivity contribution in [3.05, 3.63) is 47.8 Å². The molecule has 1 N–H and O–H groups in total. The minimum Gasteiger partial charge on any atom is -0.354 e. The van der Waals surface area contributed by atoms with Crippen molar-refractivity contribution in [2.75, 3.05) is 23.3 Å². The zero-order chi connectivity index (χ0) is 16.1. The van der Waals surface area contributed by atoms with Crippen molar-refractivity contribution in [2.24, 2.45) is 0 Å². The van der Waals surface area contributed by atoms with E-state index in [1.165, 1.54) is 18.4 Å². The molecule has 0 saturated heterocycles.